The number of carbonyl (C=O) groups is 1. The first-order valence-electron chi connectivity index (χ1n) is 11.4. The van der Waals surface area contributed by atoms with Crippen LogP contribution in [-0.2, 0) is 9.53 Å². The zero-order valence-corrected chi connectivity index (χ0v) is 18.4. The third-order valence-corrected chi connectivity index (χ3v) is 6.48. The molecule has 0 aliphatic carbocycles. The first-order valence-corrected chi connectivity index (χ1v) is 11.4. The van der Waals surface area contributed by atoms with Gasteiger partial charge in [0.25, 0.3) is 5.91 Å². The number of ether oxygens (including phenoxy) is 1. The van der Waals surface area contributed by atoms with E-state index >= 15 is 0 Å². The van der Waals surface area contributed by atoms with Crippen molar-refractivity contribution in [1.82, 2.24) is 19.9 Å². The zero-order valence-electron chi connectivity index (χ0n) is 18.4. The van der Waals surface area contributed by atoms with E-state index in [-0.39, 0.29) is 17.9 Å². The third-order valence-electron chi connectivity index (χ3n) is 6.48. The molecule has 1 aromatic carbocycles. The summed E-state index contributed by atoms with van der Waals surface area (Å²) < 4.78 is 5.62. The lowest BCUT2D eigenvalue weighted by Gasteiger charge is -2.33. The lowest BCUT2D eigenvalue weighted by Crippen LogP contribution is -2.43. The molecule has 2 aromatic heterocycles. The Balaban J connectivity index is 1.44. The molecule has 2 saturated heterocycles. The van der Waals surface area contributed by atoms with Gasteiger partial charge in [-0.2, -0.15) is 0 Å². The molecule has 0 unspecified atom stereocenters. The van der Waals surface area contributed by atoms with Crippen LogP contribution in [0.15, 0.2) is 55.0 Å². The summed E-state index contributed by atoms with van der Waals surface area (Å²) in [5.41, 5.74) is 5.46. The van der Waals surface area contributed by atoms with Crippen LogP contribution < -0.4 is 0 Å². The average Bonchev–Trinajstić information content (AvgIpc) is 3.39. The summed E-state index contributed by atoms with van der Waals surface area (Å²) in [6, 6.07) is 12.4. The van der Waals surface area contributed by atoms with Crippen LogP contribution in [0.2, 0.25) is 0 Å². The lowest BCUT2D eigenvalue weighted by atomic mass is 9.88. The Morgan fingerprint density at radius 2 is 1.88 bits per heavy atom. The van der Waals surface area contributed by atoms with Gasteiger partial charge in [-0.15, -0.1) is 0 Å². The third kappa shape index (κ3) is 4.28. The summed E-state index contributed by atoms with van der Waals surface area (Å²) in [6.07, 6.45) is 8.85. The fraction of sp³-hybridized carbons (Fsp3) is 0.385. The minimum absolute atomic E-state index is 0.153. The molecule has 1 amide bonds. The number of nitrogens with zero attached hydrogens (tertiary/aromatic N) is 4. The van der Waals surface area contributed by atoms with Crippen molar-refractivity contribution in [2.75, 3.05) is 19.7 Å². The SMILES string of the molecule is Cc1cccc(-c2cnc(-c3ccncc3)nc2C2CCN(C(=O)[C@@H]3CCCO3)CC2)c1. The Bertz CT molecular complexity index is 1090. The van der Waals surface area contributed by atoms with Crippen LogP contribution in [0.1, 0.15) is 42.9 Å². The summed E-state index contributed by atoms with van der Waals surface area (Å²) in [5.74, 6) is 1.15. The van der Waals surface area contributed by atoms with E-state index in [1.165, 1.54) is 5.56 Å². The largest absolute Gasteiger partial charge is 0.368 e. The van der Waals surface area contributed by atoms with Crippen molar-refractivity contribution in [3.8, 4) is 22.5 Å². The van der Waals surface area contributed by atoms with Gasteiger partial charge >= 0.3 is 0 Å². The maximum Gasteiger partial charge on any atom is 0.251 e. The number of likely N-dealkylation sites (tertiary alicyclic amines) is 1. The summed E-state index contributed by atoms with van der Waals surface area (Å²) in [7, 11) is 0. The Morgan fingerprint density at radius 1 is 1.06 bits per heavy atom. The topological polar surface area (TPSA) is 68.2 Å². The number of piperidine rings is 1. The number of aromatic nitrogens is 3. The van der Waals surface area contributed by atoms with E-state index in [2.05, 4.69) is 41.2 Å². The van der Waals surface area contributed by atoms with Gasteiger partial charge in [0.05, 0.1) is 5.69 Å². The van der Waals surface area contributed by atoms with Crippen LogP contribution >= 0.6 is 0 Å². The number of rotatable bonds is 4. The summed E-state index contributed by atoms with van der Waals surface area (Å²) >= 11 is 0. The predicted molar refractivity (Wildman–Crippen MR) is 123 cm³/mol. The molecule has 32 heavy (non-hydrogen) atoms. The van der Waals surface area contributed by atoms with E-state index < -0.39 is 0 Å². The standard InChI is InChI=1S/C26H28N4O2/c1-18-4-2-5-21(16-18)22-17-28-25(20-7-11-27-12-8-20)29-24(22)19-9-13-30(14-10-19)26(31)23-6-3-15-32-23/h2,4-5,7-8,11-12,16-17,19,23H,3,6,9-10,13-15H2,1H3/t23-/m0/s1. The van der Waals surface area contributed by atoms with Gasteiger partial charge in [-0.25, -0.2) is 9.97 Å². The lowest BCUT2D eigenvalue weighted by molar-refractivity contribution is -0.142. The second-order valence-electron chi connectivity index (χ2n) is 8.70. The first kappa shape index (κ1) is 20.8. The molecule has 5 rings (SSSR count). The second kappa shape index (κ2) is 9.17. The van der Waals surface area contributed by atoms with Crippen LogP contribution in [0, 0.1) is 6.92 Å². The van der Waals surface area contributed by atoms with Crippen LogP contribution in [0.25, 0.3) is 22.5 Å². The molecule has 6 heteroatoms. The highest BCUT2D eigenvalue weighted by molar-refractivity contribution is 5.81. The maximum absolute atomic E-state index is 12.8. The Labute approximate surface area is 188 Å². The zero-order chi connectivity index (χ0) is 21.9. The first-order chi connectivity index (χ1) is 15.7. The van der Waals surface area contributed by atoms with Gasteiger partial charge in [0.1, 0.15) is 6.10 Å². The van der Waals surface area contributed by atoms with Crippen molar-refractivity contribution in [2.24, 2.45) is 0 Å². The van der Waals surface area contributed by atoms with Crippen LogP contribution in [0.3, 0.4) is 0 Å². The quantitative estimate of drug-likeness (QED) is 0.616. The molecule has 1 atom stereocenters. The fourth-order valence-electron chi connectivity index (χ4n) is 4.73. The maximum atomic E-state index is 12.8. The van der Waals surface area contributed by atoms with Gasteiger partial charge in [0, 0.05) is 55.3 Å². The molecule has 2 aliphatic heterocycles. The molecule has 6 nitrogen and oxygen atoms in total. The van der Waals surface area contributed by atoms with Crippen molar-refractivity contribution < 1.29 is 9.53 Å². The van der Waals surface area contributed by atoms with Gasteiger partial charge in [0.2, 0.25) is 0 Å². The van der Waals surface area contributed by atoms with E-state index in [1.54, 1.807) is 12.4 Å². The average molecular weight is 429 g/mol. The van der Waals surface area contributed by atoms with E-state index in [4.69, 9.17) is 9.72 Å². The van der Waals surface area contributed by atoms with E-state index in [9.17, 15) is 4.79 Å². The molecule has 0 radical (unpaired) electrons. The molecule has 164 valence electrons. The summed E-state index contributed by atoms with van der Waals surface area (Å²) in [5, 5.41) is 0. The molecule has 3 aromatic rings. The summed E-state index contributed by atoms with van der Waals surface area (Å²) in [4.78, 5) is 28.6. The number of amides is 1. The van der Waals surface area contributed by atoms with Crippen molar-refractivity contribution in [2.45, 2.75) is 44.6 Å². The Morgan fingerprint density at radius 3 is 2.59 bits per heavy atom. The highest BCUT2D eigenvalue weighted by Crippen LogP contribution is 2.35. The van der Waals surface area contributed by atoms with Crippen molar-refractivity contribution in [3.63, 3.8) is 0 Å². The van der Waals surface area contributed by atoms with Gasteiger partial charge in [0.15, 0.2) is 5.82 Å². The molecule has 0 bridgehead atoms. The minimum atomic E-state index is -0.244. The van der Waals surface area contributed by atoms with Gasteiger partial charge in [-0.3, -0.25) is 9.78 Å². The summed E-state index contributed by atoms with van der Waals surface area (Å²) in [6.45, 7) is 4.28. The van der Waals surface area contributed by atoms with E-state index in [0.717, 1.165) is 67.0 Å². The van der Waals surface area contributed by atoms with Crippen molar-refractivity contribution >= 4 is 5.91 Å². The molecular formula is C26H28N4O2. The second-order valence-corrected chi connectivity index (χ2v) is 8.70. The van der Waals surface area contributed by atoms with Crippen molar-refractivity contribution in [1.29, 1.82) is 0 Å². The van der Waals surface area contributed by atoms with Crippen LogP contribution in [0.4, 0.5) is 0 Å². The minimum Gasteiger partial charge on any atom is -0.368 e. The smallest absolute Gasteiger partial charge is 0.251 e. The molecule has 0 spiro atoms. The monoisotopic (exact) mass is 428 g/mol. The number of hydrogen-bond donors (Lipinski definition) is 0. The normalized spacial score (nSPS) is 19.3. The number of aryl methyl sites for hydroxylation is 1. The van der Waals surface area contributed by atoms with Crippen LogP contribution in [0.5, 0.6) is 0 Å². The molecule has 0 N–H and O–H groups in total. The highest BCUT2D eigenvalue weighted by atomic mass is 16.5. The number of pyridine rings is 1. The van der Waals surface area contributed by atoms with Gasteiger partial charge < -0.3 is 9.64 Å². The van der Waals surface area contributed by atoms with Crippen molar-refractivity contribution in [3.05, 3.63) is 66.2 Å². The van der Waals surface area contributed by atoms with E-state index in [0.29, 0.717) is 6.61 Å². The highest BCUT2D eigenvalue weighted by Gasteiger charge is 2.32. The number of hydrogen-bond acceptors (Lipinski definition) is 5. The van der Waals surface area contributed by atoms with Crippen LogP contribution in [-0.4, -0.2) is 51.6 Å². The Kier molecular flexibility index (Phi) is 5.95. The fourth-order valence-corrected chi connectivity index (χ4v) is 4.73. The van der Waals surface area contributed by atoms with E-state index in [1.807, 2.05) is 23.2 Å². The number of carbonyl (C=O) groups excluding carboxylic acids is 1. The molecule has 4 heterocycles. The molecule has 0 saturated carbocycles. The number of benzene rings is 1. The van der Waals surface area contributed by atoms with Gasteiger partial charge in [-0.1, -0.05) is 29.8 Å². The molecule has 2 fully saturated rings. The molecular weight excluding hydrogens is 400 g/mol. The van der Waals surface area contributed by atoms with Gasteiger partial charge in [-0.05, 0) is 50.3 Å². The predicted octanol–water partition coefficient (Wildman–Crippen LogP) is 4.40. The molecule has 2 aliphatic rings. The Hall–Kier alpha value is -3.12.